The summed E-state index contributed by atoms with van der Waals surface area (Å²) in [6.07, 6.45) is 0. The first kappa shape index (κ1) is 17.0. The Morgan fingerprint density at radius 3 is 1.89 bits per heavy atom. The molecule has 5 heteroatoms. The van der Waals surface area contributed by atoms with Crippen molar-refractivity contribution in [1.29, 1.82) is 0 Å². The number of nitro benzene ring substituents is 1. The van der Waals surface area contributed by atoms with Gasteiger partial charge in [-0.05, 0) is 23.3 Å². The molecule has 2 aliphatic rings. The predicted octanol–water partition coefficient (Wildman–Crippen LogP) is 3.07. The molecule has 0 aromatic heterocycles. The minimum absolute atomic E-state index is 0.146. The zero-order valence-corrected chi connectivity index (χ0v) is 15.5. The molecule has 140 valence electrons. The number of piperazine rings is 1. The Kier molecular flexibility index (Phi) is 4.10. The highest BCUT2D eigenvalue weighted by Gasteiger charge is 2.37. The molecule has 0 bridgehead atoms. The van der Waals surface area contributed by atoms with Crippen LogP contribution in [0.4, 0.5) is 11.4 Å². The Balaban J connectivity index is 1.37. The smallest absolute Gasteiger partial charge is 0.269 e. The SMILES string of the molecule is O=[N+]([O-])c1ccc(N2CC[NH+](C3c4ccccc4-c4ccccc43)CC2)cc1. The minimum Gasteiger partial charge on any atom is -0.360 e. The maximum Gasteiger partial charge on any atom is 0.269 e. The van der Waals surface area contributed by atoms with E-state index in [1.54, 1.807) is 17.0 Å². The lowest BCUT2D eigenvalue weighted by Crippen LogP contribution is -3.15. The Labute approximate surface area is 164 Å². The van der Waals surface area contributed by atoms with Gasteiger partial charge in [-0.1, -0.05) is 48.5 Å². The maximum atomic E-state index is 10.9. The lowest BCUT2D eigenvalue weighted by molar-refractivity contribution is -0.925. The fraction of sp³-hybridized carbons (Fsp3) is 0.217. The van der Waals surface area contributed by atoms with Crippen molar-refractivity contribution in [3.05, 3.63) is 94.0 Å². The number of rotatable bonds is 3. The van der Waals surface area contributed by atoms with Gasteiger partial charge in [0.15, 0.2) is 0 Å². The van der Waals surface area contributed by atoms with Gasteiger partial charge in [0, 0.05) is 28.9 Å². The van der Waals surface area contributed by atoms with Gasteiger partial charge in [0.05, 0.1) is 31.1 Å². The number of fused-ring (bicyclic) bond motifs is 3. The summed E-state index contributed by atoms with van der Waals surface area (Å²) in [5.41, 5.74) is 6.82. The Morgan fingerprint density at radius 2 is 1.36 bits per heavy atom. The van der Waals surface area contributed by atoms with Gasteiger partial charge in [-0.2, -0.15) is 0 Å². The van der Waals surface area contributed by atoms with Crippen molar-refractivity contribution in [3.8, 4) is 11.1 Å². The third-order valence-electron chi connectivity index (χ3n) is 6.07. The Morgan fingerprint density at radius 1 is 0.821 bits per heavy atom. The van der Waals surface area contributed by atoms with E-state index in [1.165, 1.54) is 22.3 Å². The van der Waals surface area contributed by atoms with Crippen LogP contribution in [0.3, 0.4) is 0 Å². The molecule has 0 atom stereocenters. The van der Waals surface area contributed by atoms with Crippen LogP contribution in [0.2, 0.25) is 0 Å². The van der Waals surface area contributed by atoms with E-state index in [2.05, 4.69) is 53.4 Å². The quantitative estimate of drug-likeness (QED) is 0.568. The van der Waals surface area contributed by atoms with E-state index in [1.807, 2.05) is 12.1 Å². The number of nitrogens with zero attached hydrogens (tertiary/aromatic N) is 2. The minimum atomic E-state index is -0.346. The van der Waals surface area contributed by atoms with Gasteiger partial charge < -0.3 is 9.80 Å². The first-order valence-electron chi connectivity index (χ1n) is 9.74. The van der Waals surface area contributed by atoms with Crippen molar-refractivity contribution in [2.75, 3.05) is 31.1 Å². The molecule has 1 N–H and O–H groups in total. The number of quaternary nitrogens is 1. The van der Waals surface area contributed by atoms with Gasteiger partial charge in [0.1, 0.15) is 6.04 Å². The summed E-state index contributed by atoms with van der Waals surface area (Å²) >= 11 is 0. The van der Waals surface area contributed by atoms with Crippen molar-refractivity contribution in [2.45, 2.75) is 6.04 Å². The van der Waals surface area contributed by atoms with Crippen molar-refractivity contribution < 1.29 is 9.82 Å². The molecule has 0 radical (unpaired) electrons. The van der Waals surface area contributed by atoms with Crippen molar-refractivity contribution in [2.24, 2.45) is 0 Å². The molecule has 3 aromatic carbocycles. The lowest BCUT2D eigenvalue weighted by atomic mass is 10.0. The van der Waals surface area contributed by atoms with Crippen LogP contribution in [-0.2, 0) is 0 Å². The van der Waals surface area contributed by atoms with Gasteiger partial charge in [-0.15, -0.1) is 0 Å². The van der Waals surface area contributed by atoms with E-state index < -0.39 is 0 Å². The maximum absolute atomic E-state index is 10.9. The molecule has 1 aliphatic carbocycles. The van der Waals surface area contributed by atoms with Crippen LogP contribution >= 0.6 is 0 Å². The van der Waals surface area contributed by atoms with Crippen LogP contribution in [-0.4, -0.2) is 31.1 Å². The summed E-state index contributed by atoms with van der Waals surface area (Å²) in [6, 6.07) is 24.9. The summed E-state index contributed by atoms with van der Waals surface area (Å²) in [5, 5.41) is 10.9. The molecular weight excluding hydrogens is 350 g/mol. The monoisotopic (exact) mass is 372 g/mol. The predicted molar refractivity (Wildman–Crippen MR) is 110 cm³/mol. The van der Waals surface area contributed by atoms with E-state index in [0.29, 0.717) is 6.04 Å². The summed E-state index contributed by atoms with van der Waals surface area (Å²) in [4.78, 5) is 14.4. The molecule has 3 aromatic rings. The average molecular weight is 372 g/mol. The van der Waals surface area contributed by atoms with Gasteiger partial charge >= 0.3 is 0 Å². The zero-order chi connectivity index (χ0) is 19.1. The number of nitrogens with one attached hydrogen (secondary N) is 1. The van der Waals surface area contributed by atoms with Crippen LogP contribution in [0, 0.1) is 10.1 Å². The molecule has 0 amide bonds. The largest absolute Gasteiger partial charge is 0.360 e. The van der Waals surface area contributed by atoms with Gasteiger partial charge in [0.25, 0.3) is 5.69 Å². The number of non-ortho nitro benzene ring substituents is 1. The molecular formula is C23H22N3O2+. The van der Waals surface area contributed by atoms with Crippen LogP contribution in [0.25, 0.3) is 11.1 Å². The van der Waals surface area contributed by atoms with E-state index in [0.717, 1.165) is 31.9 Å². The third-order valence-corrected chi connectivity index (χ3v) is 6.07. The van der Waals surface area contributed by atoms with Gasteiger partial charge in [-0.25, -0.2) is 0 Å². The van der Waals surface area contributed by atoms with Crippen molar-refractivity contribution in [1.82, 2.24) is 0 Å². The molecule has 1 heterocycles. The first-order valence-corrected chi connectivity index (χ1v) is 9.74. The lowest BCUT2D eigenvalue weighted by Gasteiger charge is -2.37. The Hall–Kier alpha value is -3.18. The second-order valence-corrected chi connectivity index (χ2v) is 7.53. The molecule has 0 unspecified atom stereocenters. The fourth-order valence-electron chi connectivity index (χ4n) is 4.72. The number of nitro groups is 1. The molecule has 0 saturated carbocycles. The average Bonchev–Trinajstić information content (AvgIpc) is 3.08. The number of hydrogen-bond acceptors (Lipinski definition) is 3. The van der Waals surface area contributed by atoms with Crippen molar-refractivity contribution in [3.63, 3.8) is 0 Å². The second-order valence-electron chi connectivity index (χ2n) is 7.53. The van der Waals surface area contributed by atoms with E-state index in [9.17, 15) is 10.1 Å². The third kappa shape index (κ3) is 2.75. The highest BCUT2D eigenvalue weighted by Crippen LogP contribution is 2.41. The number of benzene rings is 3. The summed E-state index contributed by atoms with van der Waals surface area (Å²) < 4.78 is 0. The summed E-state index contributed by atoms with van der Waals surface area (Å²) in [5.74, 6) is 0. The Bertz CT molecular complexity index is 979. The first-order chi connectivity index (χ1) is 13.7. The fourth-order valence-corrected chi connectivity index (χ4v) is 4.72. The van der Waals surface area contributed by atoms with Crippen molar-refractivity contribution >= 4 is 11.4 Å². The van der Waals surface area contributed by atoms with Crippen LogP contribution in [0.5, 0.6) is 0 Å². The van der Waals surface area contributed by atoms with Crippen LogP contribution in [0.1, 0.15) is 17.2 Å². The molecule has 5 rings (SSSR count). The number of anilines is 1. The highest BCUT2D eigenvalue weighted by molar-refractivity contribution is 5.77. The van der Waals surface area contributed by atoms with Gasteiger partial charge in [-0.3, -0.25) is 10.1 Å². The number of hydrogen-bond donors (Lipinski definition) is 1. The second kappa shape index (κ2) is 6.77. The summed E-state index contributed by atoms with van der Waals surface area (Å²) in [6.45, 7) is 4.00. The molecule has 1 saturated heterocycles. The molecule has 5 nitrogen and oxygen atoms in total. The normalized spacial score (nSPS) is 16.6. The summed E-state index contributed by atoms with van der Waals surface area (Å²) in [7, 11) is 0. The zero-order valence-electron chi connectivity index (χ0n) is 15.5. The molecule has 1 aliphatic heterocycles. The van der Waals surface area contributed by atoms with E-state index in [-0.39, 0.29) is 10.6 Å². The van der Waals surface area contributed by atoms with Crippen LogP contribution < -0.4 is 9.80 Å². The van der Waals surface area contributed by atoms with E-state index >= 15 is 0 Å². The molecule has 0 spiro atoms. The molecule has 28 heavy (non-hydrogen) atoms. The van der Waals surface area contributed by atoms with Gasteiger partial charge in [0.2, 0.25) is 0 Å². The highest BCUT2D eigenvalue weighted by atomic mass is 16.6. The van der Waals surface area contributed by atoms with E-state index in [4.69, 9.17) is 0 Å². The molecule has 1 fully saturated rings. The van der Waals surface area contributed by atoms with Crippen LogP contribution in [0.15, 0.2) is 72.8 Å². The topological polar surface area (TPSA) is 50.8 Å². The standard InChI is InChI=1S/C23H21N3O2/c27-26(28)18-11-9-17(10-12-18)24-13-15-25(16-14-24)23-21-7-3-1-5-19(21)20-6-2-4-8-22(20)23/h1-12,23H,13-16H2/p+1.